The molecule has 0 aromatic carbocycles. The van der Waals surface area contributed by atoms with Crippen molar-refractivity contribution < 1.29 is 23.5 Å². The molecule has 0 N–H and O–H groups in total. The number of rotatable bonds is 3. The summed E-state index contributed by atoms with van der Waals surface area (Å²) in [6.07, 6.45) is 1.80. The van der Waals surface area contributed by atoms with E-state index in [4.69, 9.17) is 9.16 Å². The van der Waals surface area contributed by atoms with Gasteiger partial charge in [-0.15, -0.1) is 0 Å². The molecule has 6 heteroatoms. The van der Waals surface area contributed by atoms with Crippen molar-refractivity contribution in [1.82, 2.24) is 0 Å². The molecule has 1 saturated heterocycles. The zero-order valence-electron chi connectivity index (χ0n) is 11.1. The first-order chi connectivity index (χ1) is 8.31. The number of ether oxygens (including phenoxy) is 2. The molecule has 1 heterocycles. The summed E-state index contributed by atoms with van der Waals surface area (Å²) in [7, 11) is -0.211. The van der Waals surface area contributed by atoms with E-state index in [2.05, 4.69) is 24.4 Å². The summed E-state index contributed by atoms with van der Waals surface area (Å²) in [5, 5.41) is 0. The number of esters is 2. The van der Waals surface area contributed by atoms with Gasteiger partial charge in [0.25, 0.3) is 0 Å². The van der Waals surface area contributed by atoms with Crippen LogP contribution in [0.2, 0.25) is 19.6 Å². The number of methoxy groups -OCH3 is 1. The van der Waals surface area contributed by atoms with E-state index < -0.39 is 38.2 Å². The van der Waals surface area contributed by atoms with Gasteiger partial charge in [0.05, 0.1) is 17.8 Å². The zero-order valence-corrected chi connectivity index (χ0v) is 12.1. The third-order valence-corrected chi connectivity index (χ3v) is 3.92. The fraction of sp³-hybridized carbons (Fsp3) is 0.667. The number of carbonyl (C=O) groups is 2. The average Bonchev–Trinajstić information content (AvgIpc) is 2.51. The van der Waals surface area contributed by atoms with Crippen LogP contribution in [0.1, 0.15) is 6.42 Å². The number of hydrogen-bond donors (Lipinski definition) is 0. The van der Waals surface area contributed by atoms with Crippen LogP contribution in [0.15, 0.2) is 11.8 Å². The van der Waals surface area contributed by atoms with Gasteiger partial charge in [-0.2, -0.15) is 0 Å². The van der Waals surface area contributed by atoms with Crippen LogP contribution < -0.4 is 0 Å². The van der Waals surface area contributed by atoms with Crippen LogP contribution in [0.25, 0.3) is 0 Å². The van der Waals surface area contributed by atoms with Crippen LogP contribution in [0.4, 0.5) is 0 Å². The summed E-state index contributed by atoms with van der Waals surface area (Å²) >= 11 is 0. The molecule has 3 unspecified atom stereocenters. The highest BCUT2D eigenvalue weighted by molar-refractivity contribution is 6.70. The van der Waals surface area contributed by atoms with Gasteiger partial charge in [0.15, 0.2) is 0 Å². The minimum Gasteiger partial charge on any atom is -0.547 e. The van der Waals surface area contributed by atoms with Crippen LogP contribution in [0, 0.1) is 11.8 Å². The SMILES string of the molecule is COC1C=C(O[Si](C)(C)C)CC2C(=O)OC(=O)C12. The summed E-state index contributed by atoms with van der Waals surface area (Å²) in [4.78, 5) is 23.2. The lowest BCUT2D eigenvalue weighted by Crippen LogP contribution is -2.37. The smallest absolute Gasteiger partial charge is 0.320 e. The number of hydrogen-bond acceptors (Lipinski definition) is 5. The summed E-state index contributed by atoms with van der Waals surface area (Å²) in [6, 6.07) is 0. The molecule has 1 aliphatic heterocycles. The van der Waals surface area contributed by atoms with Gasteiger partial charge in [-0.05, 0) is 25.7 Å². The van der Waals surface area contributed by atoms with E-state index in [1.165, 1.54) is 7.11 Å². The van der Waals surface area contributed by atoms with Crippen LogP contribution in [0.5, 0.6) is 0 Å². The Hall–Kier alpha value is -1.14. The lowest BCUT2D eigenvalue weighted by atomic mass is 9.82. The Bertz CT molecular complexity index is 409. The van der Waals surface area contributed by atoms with Crippen molar-refractivity contribution in [2.45, 2.75) is 32.2 Å². The van der Waals surface area contributed by atoms with Gasteiger partial charge in [-0.3, -0.25) is 9.59 Å². The zero-order chi connectivity index (χ0) is 13.5. The fourth-order valence-electron chi connectivity index (χ4n) is 2.38. The number of cyclic esters (lactones) is 2. The summed E-state index contributed by atoms with van der Waals surface area (Å²) in [6.45, 7) is 6.21. The molecule has 100 valence electrons. The van der Waals surface area contributed by atoms with Crippen LogP contribution >= 0.6 is 0 Å². The molecule has 1 fully saturated rings. The lowest BCUT2D eigenvalue weighted by molar-refractivity contribution is -0.154. The topological polar surface area (TPSA) is 61.8 Å². The standard InChI is InChI=1S/C12H18O5Si/c1-15-9-6-7(17-18(2,3)4)5-8-10(9)12(14)16-11(8)13/h6,8-10H,5H2,1-4H3. The lowest BCUT2D eigenvalue weighted by Gasteiger charge is -2.30. The highest BCUT2D eigenvalue weighted by Crippen LogP contribution is 2.38. The molecular weight excluding hydrogens is 252 g/mol. The molecule has 0 saturated carbocycles. The van der Waals surface area contributed by atoms with E-state index >= 15 is 0 Å². The quantitative estimate of drug-likeness (QED) is 0.441. The van der Waals surface area contributed by atoms with Gasteiger partial charge in [0.2, 0.25) is 8.32 Å². The third-order valence-electron chi connectivity index (χ3n) is 3.04. The van der Waals surface area contributed by atoms with Gasteiger partial charge in [-0.1, -0.05) is 0 Å². The van der Waals surface area contributed by atoms with Crippen molar-refractivity contribution in [3.8, 4) is 0 Å². The first-order valence-electron chi connectivity index (χ1n) is 6.00. The average molecular weight is 270 g/mol. The van der Waals surface area contributed by atoms with E-state index in [1.807, 2.05) is 0 Å². The summed E-state index contributed by atoms with van der Waals surface area (Å²) in [5.74, 6) is -1.18. The first-order valence-corrected chi connectivity index (χ1v) is 9.40. The predicted molar refractivity (Wildman–Crippen MR) is 66.0 cm³/mol. The Morgan fingerprint density at radius 1 is 1.28 bits per heavy atom. The number of fused-ring (bicyclic) bond motifs is 1. The second-order valence-electron chi connectivity index (χ2n) is 5.62. The molecular formula is C12H18O5Si. The molecule has 3 atom stereocenters. The van der Waals surface area contributed by atoms with E-state index in [-0.39, 0.29) is 0 Å². The maximum absolute atomic E-state index is 11.6. The van der Waals surface area contributed by atoms with Crippen molar-refractivity contribution in [1.29, 1.82) is 0 Å². The Balaban J connectivity index is 2.24. The van der Waals surface area contributed by atoms with Gasteiger partial charge >= 0.3 is 11.9 Å². The van der Waals surface area contributed by atoms with E-state index in [0.29, 0.717) is 6.42 Å². The molecule has 0 aromatic rings. The highest BCUT2D eigenvalue weighted by Gasteiger charge is 2.51. The van der Waals surface area contributed by atoms with Crippen LogP contribution in [-0.2, 0) is 23.5 Å². The molecule has 2 aliphatic rings. The first kappa shape index (κ1) is 13.3. The molecule has 5 nitrogen and oxygen atoms in total. The molecule has 0 bridgehead atoms. The van der Waals surface area contributed by atoms with Crippen LogP contribution in [0.3, 0.4) is 0 Å². The second-order valence-corrected chi connectivity index (χ2v) is 10.1. The minimum atomic E-state index is -1.73. The van der Waals surface area contributed by atoms with Crippen molar-refractivity contribution in [2.24, 2.45) is 11.8 Å². The van der Waals surface area contributed by atoms with Gasteiger partial charge in [0.1, 0.15) is 5.92 Å². The number of allylic oxidation sites excluding steroid dienone is 1. The van der Waals surface area contributed by atoms with Crippen LogP contribution in [-0.4, -0.2) is 33.5 Å². The number of carbonyl (C=O) groups excluding carboxylic acids is 2. The molecule has 2 rings (SSSR count). The highest BCUT2D eigenvalue weighted by atomic mass is 28.4. The maximum Gasteiger partial charge on any atom is 0.320 e. The van der Waals surface area contributed by atoms with Gasteiger partial charge in [0, 0.05) is 13.5 Å². The minimum absolute atomic E-state index is 0.430. The molecule has 0 aromatic heterocycles. The largest absolute Gasteiger partial charge is 0.547 e. The molecule has 0 amide bonds. The Labute approximate surface area is 107 Å². The summed E-state index contributed by atoms with van der Waals surface area (Å²) in [5.41, 5.74) is 0. The molecule has 18 heavy (non-hydrogen) atoms. The summed E-state index contributed by atoms with van der Waals surface area (Å²) < 4.78 is 15.9. The normalized spacial score (nSPS) is 31.8. The fourth-order valence-corrected chi connectivity index (χ4v) is 3.32. The predicted octanol–water partition coefficient (Wildman–Crippen LogP) is 1.46. The van der Waals surface area contributed by atoms with Crippen molar-refractivity contribution >= 4 is 20.3 Å². The Morgan fingerprint density at radius 3 is 2.50 bits per heavy atom. The van der Waals surface area contributed by atoms with E-state index in [1.54, 1.807) is 6.08 Å². The third kappa shape index (κ3) is 2.49. The van der Waals surface area contributed by atoms with Crippen molar-refractivity contribution in [2.75, 3.05) is 7.11 Å². The van der Waals surface area contributed by atoms with E-state index in [9.17, 15) is 9.59 Å². The van der Waals surface area contributed by atoms with Crippen molar-refractivity contribution in [3.63, 3.8) is 0 Å². The molecule has 0 radical (unpaired) electrons. The second kappa shape index (κ2) is 4.51. The maximum atomic E-state index is 11.6. The monoisotopic (exact) mass is 270 g/mol. The van der Waals surface area contributed by atoms with E-state index in [0.717, 1.165) is 5.76 Å². The molecule has 1 aliphatic carbocycles. The molecule has 0 spiro atoms. The Morgan fingerprint density at radius 2 is 1.94 bits per heavy atom. The van der Waals surface area contributed by atoms with Gasteiger partial charge in [-0.25, -0.2) is 0 Å². The van der Waals surface area contributed by atoms with Gasteiger partial charge < -0.3 is 13.9 Å². The van der Waals surface area contributed by atoms with Crippen molar-refractivity contribution in [3.05, 3.63) is 11.8 Å². The Kier molecular flexibility index (Phi) is 3.33.